The van der Waals surface area contributed by atoms with E-state index in [1.807, 2.05) is 6.07 Å². The molecule has 1 aromatic heterocycles. The Morgan fingerprint density at radius 2 is 2.25 bits per heavy atom. The number of fused-ring (bicyclic) bond motifs is 1. The van der Waals surface area contributed by atoms with Crippen LogP contribution in [0.15, 0.2) is 12.3 Å². The molecule has 0 unspecified atom stereocenters. The Kier molecular flexibility index (Phi) is 3.15. The van der Waals surface area contributed by atoms with Crippen LogP contribution in [0.2, 0.25) is 0 Å². The molecule has 1 aliphatic rings. The van der Waals surface area contributed by atoms with E-state index < -0.39 is 5.97 Å². The minimum atomic E-state index is -0.475. The van der Waals surface area contributed by atoms with E-state index in [9.17, 15) is 10.1 Å². The zero-order valence-corrected chi connectivity index (χ0v) is 11.3. The number of nitriles is 1. The molecule has 102 valence electrons. The van der Waals surface area contributed by atoms with Gasteiger partial charge in [0.25, 0.3) is 0 Å². The molecule has 0 bridgehead atoms. The van der Waals surface area contributed by atoms with Gasteiger partial charge >= 0.3 is 5.97 Å². The van der Waals surface area contributed by atoms with Crippen molar-refractivity contribution in [3.05, 3.63) is 29.0 Å². The second-order valence-corrected chi connectivity index (χ2v) is 5.13. The van der Waals surface area contributed by atoms with E-state index in [0.29, 0.717) is 22.6 Å². The highest BCUT2D eigenvalue weighted by Gasteiger charge is 2.25. The van der Waals surface area contributed by atoms with Gasteiger partial charge in [-0.1, -0.05) is 12.8 Å². The number of aromatic amines is 1. The lowest BCUT2D eigenvalue weighted by atomic mass is 9.90. The first-order chi connectivity index (χ1) is 9.76. The van der Waals surface area contributed by atoms with Gasteiger partial charge < -0.3 is 4.74 Å². The van der Waals surface area contributed by atoms with Gasteiger partial charge in [0.2, 0.25) is 0 Å². The van der Waals surface area contributed by atoms with Gasteiger partial charge in [0, 0.05) is 5.39 Å². The van der Waals surface area contributed by atoms with Crippen molar-refractivity contribution in [3.8, 4) is 6.07 Å². The third kappa shape index (κ3) is 1.85. The van der Waals surface area contributed by atoms with Crippen molar-refractivity contribution in [3.63, 3.8) is 0 Å². The third-order valence-electron chi connectivity index (χ3n) is 4.08. The van der Waals surface area contributed by atoms with Crippen LogP contribution in [0.1, 0.15) is 53.1 Å². The highest BCUT2D eigenvalue weighted by atomic mass is 16.5. The summed E-state index contributed by atoms with van der Waals surface area (Å²) in [7, 11) is 1.33. The SMILES string of the molecule is COC(=O)c1cc(C2CCCC2)c2cn[nH]c2c1C#N. The number of nitrogens with one attached hydrogen (secondary N) is 1. The van der Waals surface area contributed by atoms with E-state index in [1.54, 1.807) is 6.20 Å². The first-order valence-electron chi connectivity index (χ1n) is 6.74. The molecular formula is C15H15N3O2. The van der Waals surface area contributed by atoms with Gasteiger partial charge in [-0.25, -0.2) is 4.79 Å². The number of esters is 1. The second kappa shape index (κ2) is 4.97. The van der Waals surface area contributed by atoms with Gasteiger partial charge in [0.05, 0.1) is 30.0 Å². The number of carbonyl (C=O) groups excluding carboxylic acids is 1. The molecule has 0 amide bonds. The van der Waals surface area contributed by atoms with Crippen molar-refractivity contribution in [2.75, 3.05) is 7.11 Å². The standard InChI is InChI=1S/C15H15N3O2/c1-20-15(19)11-6-10(9-4-2-3-5-9)13-8-17-18-14(13)12(11)7-16/h6,8-9H,2-5H2,1H3,(H,17,18). The lowest BCUT2D eigenvalue weighted by molar-refractivity contribution is 0.0600. The summed E-state index contributed by atoms with van der Waals surface area (Å²) in [5, 5.41) is 17.2. The van der Waals surface area contributed by atoms with E-state index >= 15 is 0 Å². The fraction of sp³-hybridized carbons (Fsp3) is 0.400. The third-order valence-corrected chi connectivity index (χ3v) is 4.08. The maximum absolute atomic E-state index is 11.9. The van der Waals surface area contributed by atoms with Crippen LogP contribution < -0.4 is 0 Å². The molecule has 5 nitrogen and oxygen atoms in total. The number of hydrogen-bond acceptors (Lipinski definition) is 4. The number of benzene rings is 1. The van der Waals surface area contributed by atoms with Crippen LogP contribution in [-0.2, 0) is 4.74 Å². The molecule has 0 atom stereocenters. The molecule has 0 spiro atoms. The second-order valence-electron chi connectivity index (χ2n) is 5.13. The molecule has 0 aliphatic heterocycles. The number of ether oxygens (including phenoxy) is 1. The maximum Gasteiger partial charge on any atom is 0.339 e. The Labute approximate surface area is 116 Å². The van der Waals surface area contributed by atoms with Gasteiger partial charge in [-0.05, 0) is 30.4 Å². The minimum absolute atomic E-state index is 0.311. The van der Waals surface area contributed by atoms with Crippen molar-refractivity contribution in [1.29, 1.82) is 5.26 Å². The highest BCUT2D eigenvalue weighted by molar-refractivity contribution is 6.00. The van der Waals surface area contributed by atoms with E-state index in [4.69, 9.17) is 4.74 Å². The molecule has 2 aromatic rings. The summed E-state index contributed by atoms with van der Waals surface area (Å²) >= 11 is 0. The summed E-state index contributed by atoms with van der Waals surface area (Å²) in [5.41, 5.74) is 2.38. The van der Waals surface area contributed by atoms with Crippen molar-refractivity contribution in [1.82, 2.24) is 10.2 Å². The fourth-order valence-electron chi connectivity index (χ4n) is 3.10. The number of aromatic nitrogens is 2. The molecule has 20 heavy (non-hydrogen) atoms. The zero-order chi connectivity index (χ0) is 14.1. The van der Waals surface area contributed by atoms with Crippen LogP contribution >= 0.6 is 0 Å². The van der Waals surface area contributed by atoms with Gasteiger partial charge in [-0.15, -0.1) is 0 Å². The van der Waals surface area contributed by atoms with E-state index in [-0.39, 0.29) is 0 Å². The summed E-state index contributed by atoms with van der Waals surface area (Å²) in [5.74, 6) is -0.0384. The van der Waals surface area contributed by atoms with Crippen molar-refractivity contribution in [2.24, 2.45) is 0 Å². The first-order valence-corrected chi connectivity index (χ1v) is 6.74. The average molecular weight is 269 g/mol. The molecule has 0 saturated heterocycles. The number of carbonyl (C=O) groups is 1. The molecule has 0 radical (unpaired) electrons. The number of hydrogen-bond donors (Lipinski definition) is 1. The molecule has 3 rings (SSSR count). The predicted octanol–water partition coefficient (Wildman–Crippen LogP) is 2.88. The summed E-state index contributed by atoms with van der Waals surface area (Å²) in [4.78, 5) is 11.9. The summed E-state index contributed by atoms with van der Waals surface area (Å²) < 4.78 is 4.80. The fourth-order valence-corrected chi connectivity index (χ4v) is 3.10. The summed E-state index contributed by atoms with van der Waals surface area (Å²) in [6.07, 6.45) is 6.39. The Balaban J connectivity index is 2.27. The first kappa shape index (κ1) is 12.7. The maximum atomic E-state index is 11.9. The number of rotatable bonds is 2. The van der Waals surface area contributed by atoms with Crippen LogP contribution in [0.5, 0.6) is 0 Å². The molecule has 5 heteroatoms. The van der Waals surface area contributed by atoms with Crippen LogP contribution in [0.25, 0.3) is 10.9 Å². The van der Waals surface area contributed by atoms with Gasteiger partial charge in [0.15, 0.2) is 0 Å². The summed E-state index contributed by atoms with van der Waals surface area (Å²) in [6.45, 7) is 0. The lowest BCUT2D eigenvalue weighted by Crippen LogP contribution is -2.07. The Morgan fingerprint density at radius 3 is 2.90 bits per heavy atom. The largest absolute Gasteiger partial charge is 0.465 e. The van der Waals surface area contributed by atoms with Crippen molar-refractivity contribution in [2.45, 2.75) is 31.6 Å². The molecule has 1 saturated carbocycles. The monoisotopic (exact) mass is 269 g/mol. The minimum Gasteiger partial charge on any atom is -0.465 e. The Morgan fingerprint density at radius 1 is 1.50 bits per heavy atom. The Hall–Kier alpha value is -2.35. The molecular weight excluding hydrogens is 254 g/mol. The van der Waals surface area contributed by atoms with Crippen LogP contribution in [0, 0.1) is 11.3 Å². The predicted molar refractivity (Wildman–Crippen MR) is 73.4 cm³/mol. The topological polar surface area (TPSA) is 78.8 Å². The molecule has 1 aliphatic carbocycles. The van der Waals surface area contributed by atoms with Crippen LogP contribution in [0.4, 0.5) is 0 Å². The van der Waals surface area contributed by atoms with Gasteiger partial charge in [-0.2, -0.15) is 10.4 Å². The highest BCUT2D eigenvalue weighted by Crippen LogP contribution is 2.39. The zero-order valence-electron chi connectivity index (χ0n) is 11.3. The molecule has 1 N–H and O–H groups in total. The smallest absolute Gasteiger partial charge is 0.339 e. The molecule has 1 heterocycles. The quantitative estimate of drug-likeness (QED) is 0.850. The average Bonchev–Trinajstić information content (AvgIpc) is 3.15. The van der Waals surface area contributed by atoms with Crippen molar-refractivity contribution < 1.29 is 9.53 Å². The number of H-pyrrole nitrogens is 1. The van der Waals surface area contributed by atoms with Gasteiger partial charge in [0.1, 0.15) is 6.07 Å². The lowest BCUT2D eigenvalue weighted by Gasteiger charge is -2.13. The van der Waals surface area contributed by atoms with E-state index in [2.05, 4.69) is 16.3 Å². The van der Waals surface area contributed by atoms with Crippen molar-refractivity contribution >= 4 is 16.9 Å². The Bertz CT molecular complexity index is 706. The van der Waals surface area contributed by atoms with Gasteiger partial charge in [-0.3, -0.25) is 5.10 Å². The van der Waals surface area contributed by atoms with Crippen LogP contribution in [-0.4, -0.2) is 23.3 Å². The molecule has 1 fully saturated rings. The number of nitrogens with zero attached hydrogens (tertiary/aromatic N) is 2. The van der Waals surface area contributed by atoms with Crippen LogP contribution in [0.3, 0.4) is 0 Å². The summed E-state index contributed by atoms with van der Waals surface area (Å²) in [6, 6.07) is 3.90. The normalized spacial score (nSPS) is 15.4. The molecule has 1 aromatic carbocycles. The number of methoxy groups -OCH3 is 1. The van der Waals surface area contributed by atoms with E-state index in [0.717, 1.165) is 23.8 Å². The van der Waals surface area contributed by atoms with E-state index in [1.165, 1.54) is 20.0 Å².